The van der Waals surface area contributed by atoms with E-state index in [1.54, 1.807) is 42.7 Å². The molecule has 1 amide bonds. The molecule has 2 heterocycles. The zero-order chi connectivity index (χ0) is 26.6. The van der Waals surface area contributed by atoms with Crippen molar-refractivity contribution in [1.29, 1.82) is 0 Å². The molecule has 1 aromatic carbocycles. The topological polar surface area (TPSA) is 112 Å². The number of carbonyl (C=O) groups is 1. The highest BCUT2D eigenvalue weighted by atomic mass is 35.5. The molecule has 0 fully saturated rings. The van der Waals surface area contributed by atoms with E-state index in [0.29, 0.717) is 22.1 Å². The second-order valence-electron chi connectivity index (χ2n) is 8.19. The minimum Gasteiger partial charge on any atom is -0.484 e. The van der Waals surface area contributed by atoms with Gasteiger partial charge in [0.2, 0.25) is 0 Å². The van der Waals surface area contributed by atoms with Crippen molar-refractivity contribution in [2.24, 2.45) is 16.6 Å². The third-order valence-electron chi connectivity index (χ3n) is 5.15. The molecule has 0 saturated carbocycles. The van der Waals surface area contributed by atoms with E-state index in [-0.39, 0.29) is 4.88 Å². The van der Waals surface area contributed by atoms with E-state index in [9.17, 15) is 4.79 Å². The number of ether oxygens (including phenoxy) is 1. The number of aromatic nitrogens is 2. The van der Waals surface area contributed by atoms with Gasteiger partial charge in [0.05, 0.1) is 22.3 Å². The number of fused-ring (bicyclic) bond motifs is 1. The molecular formula is C26H29ClN6O2S. The Morgan fingerprint density at radius 2 is 2.06 bits per heavy atom. The van der Waals surface area contributed by atoms with E-state index in [4.69, 9.17) is 27.8 Å². The molecule has 0 aliphatic rings. The molecule has 8 nitrogen and oxygen atoms in total. The Balaban J connectivity index is 1.98. The minimum atomic E-state index is -0.595. The molecule has 4 N–H and O–H groups in total. The summed E-state index contributed by atoms with van der Waals surface area (Å²) in [4.78, 5) is 17.0. The molecule has 3 aromatic rings. The van der Waals surface area contributed by atoms with Gasteiger partial charge in [0.1, 0.15) is 28.1 Å². The van der Waals surface area contributed by atoms with Gasteiger partial charge >= 0.3 is 0 Å². The van der Waals surface area contributed by atoms with Crippen LogP contribution in [0.1, 0.15) is 29.1 Å². The lowest BCUT2D eigenvalue weighted by Crippen LogP contribution is -2.19. The number of hydrogen-bond acceptors (Lipinski definition) is 7. The van der Waals surface area contributed by atoms with Gasteiger partial charge in [-0.25, -0.2) is 4.98 Å². The number of hydrazone groups is 1. The molecule has 1 atom stereocenters. The van der Waals surface area contributed by atoms with Crippen LogP contribution in [0.15, 0.2) is 77.3 Å². The summed E-state index contributed by atoms with van der Waals surface area (Å²) in [7, 11) is 3.69. The first-order valence-electron chi connectivity index (χ1n) is 11.0. The predicted molar refractivity (Wildman–Crippen MR) is 150 cm³/mol. The number of imidazole rings is 1. The third kappa shape index (κ3) is 5.87. The maximum atomic E-state index is 12.2. The zero-order valence-electron chi connectivity index (χ0n) is 20.7. The molecule has 0 bridgehead atoms. The zero-order valence-corrected chi connectivity index (χ0v) is 22.2. The average molecular weight is 525 g/mol. The van der Waals surface area contributed by atoms with Gasteiger partial charge in [-0.15, -0.1) is 11.3 Å². The molecule has 3 rings (SSSR count). The average Bonchev–Trinajstić information content (AvgIpc) is 3.43. The van der Waals surface area contributed by atoms with Gasteiger partial charge in [-0.1, -0.05) is 43.0 Å². The van der Waals surface area contributed by atoms with Crippen LogP contribution in [0.4, 0.5) is 0 Å². The van der Waals surface area contributed by atoms with E-state index in [2.05, 4.69) is 23.2 Å². The number of halogens is 1. The third-order valence-corrected chi connectivity index (χ3v) is 6.79. The van der Waals surface area contributed by atoms with Gasteiger partial charge in [-0.05, 0) is 37.1 Å². The number of rotatable bonds is 10. The van der Waals surface area contributed by atoms with E-state index in [1.165, 1.54) is 11.3 Å². The number of thiophene rings is 1. The van der Waals surface area contributed by atoms with Gasteiger partial charge < -0.3 is 21.2 Å². The number of nitrogens with zero attached hydrogens (tertiary/aromatic N) is 4. The van der Waals surface area contributed by atoms with Crippen LogP contribution in [-0.4, -0.2) is 46.9 Å². The van der Waals surface area contributed by atoms with Gasteiger partial charge in [0.15, 0.2) is 0 Å². The highest BCUT2D eigenvalue weighted by Gasteiger charge is 2.22. The molecule has 0 aliphatic heterocycles. The summed E-state index contributed by atoms with van der Waals surface area (Å²) in [5, 5.41) is 7.02. The number of carbonyl (C=O) groups excluding carboxylic acids is 1. The molecule has 0 saturated heterocycles. The lowest BCUT2D eigenvalue weighted by atomic mass is 10.1. The fourth-order valence-corrected chi connectivity index (χ4v) is 4.53. The van der Waals surface area contributed by atoms with Crippen molar-refractivity contribution in [3.63, 3.8) is 0 Å². The summed E-state index contributed by atoms with van der Waals surface area (Å²) in [6.07, 6.45) is 6.19. The Morgan fingerprint density at radius 3 is 2.67 bits per heavy atom. The maximum Gasteiger partial charge on any atom is 0.262 e. The Morgan fingerprint density at radius 1 is 1.33 bits per heavy atom. The van der Waals surface area contributed by atoms with Crippen molar-refractivity contribution in [3.05, 3.63) is 82.6 Å². The molecular weight excluding hydrogens is 496 g/mol. The number of hydrogen-bond donors (Lipinski definition) is 2. The van der Waals surface area contributed by atoms with Crippen LogP contribution in [0.3, 0.4) is 0 Å². The maximum absolute atomic E-state index is 12.2. The van der Waals surface area contributed by atoms with Crippen molar-refractivity contribution in [1.82, 2.24) is 14.6 Å². The van der Waals surface area contributed by atoms with Crippen LogP contribution < -0.4 is 16.2 Å². The quantitative estimate of drug-likeness (QED) is 0.219. The van der Waals surface area contributed by atoms with Crippen LogP contribution in [0, 0.1) is 0 Å². The second kappa shape index (κ2) is 11.3. The van der Waals surface area contributed by atoms with Crippen LogP contribution in [0.5, 0.6) is 5.75 Å². The van der Waals surface area contributed by atoms with Crippen LogP contribution in [-0.2, 0) is 0 Å². The monoisotopic (exact) mass is 524 g/mol. The molecule has 2 aromatic heterocycles. The minimum absolute atomic E-state index is 0.283. The van der Waals surface area contributed by atoms with E-state index in [0.717, 1.165) is 27.2 Å². The number of nitrogens with two attached hydrogens (primary N) is 2. The summed E-state index contributed by atoms with van der Waals surface area (Å²) in [5.74, 6) is -0.252. The fourth-order valence-electron chi connectivity index (χ4n) is 3.38. The van der Waals surface area contributed by atoms with Crippen molar-refractivity contribution < 1.29 is 9.53 Å². The van der Waals surface area contributed by atoms with Crippen LogP contribution in [0.2, 0.25) is 0 Å². The summed E-state index contributed by atoms with van der Waals surface area (Å²) < 4.78 is 8.01. The number of allylic oxidation sites excluding steroid dienone is 4. The standard InChI is InChI=1S/C26H29ClN6O2S/c1-7-8-19(24(27)16(3)28)17(4)35-22-12-23(36-25(22)26(29)34)33-14-30-20-11-18(9-10-21(20)33)15(2)13-31-32(5)6/h7-14,17H,1-2,28H2,3-6H3,(H2,29,34)/b19-8-,24-16-,31-13-. The lowest BCUT2D eigenvalue weighted by Gasteiger charge is -2.18. The van der Waals surface area contributed by atoms with E-state index < -0.39 is 12.0 Å². The van der Waals surface area contributed by atoms with Crippen LogP contribution in [0.25, 0.3) is 21.6 Å². The van der Waals surface area contributed by atoms with E-state index in [1.807, 2.05) is 43.8 Å². The van der Waals surface area contributed by atoms with E-state index >= 15 is 0 Å². The Kier molecular flexibility index (Phi) is 8.39. The molecule has 0 radical (unpaired) electrons. The van der Waals surface area contributed by atoms with Crippen molar-refractivity contribution in [3.8, 4) is 10.8 Å². The second-order valence-corrected chi connectivity index (χ2v) is 9.60. The van der Waals surface area contributed by atoms with Crippen molar-refractivity contribution >= 4 is 51.7 Å². The summed E-state index contributed by atoms with van der Waals surface area (Å²) in [6, 6.07) is 7.59. The Labute approximate surface area is 219 Å². The SMILES string of the molecule is C=C/C=C(\C(Cl)=C(/C)N)C(C)Oc1cc(-n2cnc3cc(C(=C)/C=N\N(C)C)ccc32)sc1C(N)=O. The summed E-state index contributed by atoms with van der Waals surface area (Å²) in [5.41, 5.74) is 15.9. The molecule has 188 valence electrons. The first-order valence-corrected chi connectivity index (χ1v) is 12.2. The first-order chi connectivity index (χ1) is 17.0. The molecule has 10 heteroatoms. The van der Waals surface area contributed by atoms with Crippen molar-refractivity contribution in [2.75, 3.05) is 14.1 Å². The highest BCUT2D eigenvalue weighted by molar-refractivity contribution is 7.16. The largest absolute Gasteiger partial charge is 0.484 e. The molecule has 0 spiro atoms. The molecule has 36 heavy (non-hydrogen) atoms. The number of benzene rings is 1. The van der Waals surface area contributed by atoms with Gasteiger partial charge in [-0.3, -0.25) is 9.36 Å². The number of amides is 1. The Bertz CT molecular complexity index is 1410. The predicted octanol–water partition coefficient (Wildman–Crippen LogP) is 5.06. The summed E-state index contributed by atoms with van der Waals surface area (Å²) in [6.45, 7) is 11.3. The van der Waals surface area contributed by atoms with Crippen molar-refractivity contribution in [2.45, 2.75) is 20.0 Å². The van der Waals surface area contributed by atoms with Gasteiger partial charge in [-0.2, -0.15) is 5.10 Å². The molecule has 1 unspecified atom stereocenters. The smallest absolute Gasteiger partial charge is 0.262 e. The van der Waals surface area contributed by atoms with Gasteiger partial charge in [0, 0.05) is 31.4 Å². The highest BCUT2D eigenvalue weighted by Crippen LogP contribution is 2.36. The number of primary amides is 1. The summed E-state index contributed by atoms with van der Waals surface area (Å²) >= 11 is 7.60. The van der Waals surface area contributed by atoms with Crippen LogP contribution >= 0.6 is 22.9 Å². The normalized spacial score (nSPS) is 13.5. The first kappa shape index (κ1) is 26.8. The molecule has 0 aliphatic carbocycles. The lowest BCUT2D eigenvalue weighted by molar-refractivity contribution is 0.0999. The van der Waals surface area contributed by atoms with Gasteiger partial charge in [0.25, 0.3) is 5.91 Å². The fraction of sp³-hybridized carbons (Fsp3) is 0.192. The Hall–Kier alpha value is -3.82.